The van der Waals surface area contributed by atoms with Crippen LogP contribution in [0.1, 0.15) is 11.3 Å². The molecule has 5 rings (SSSR count). The fraction of sp³-hybridized carbons (Fsp3) is 0.0370. The number of carbonyl (C=O) groups is 1. The predicted octanol–water partition coefficient (Wildman–Crippen LogP) is 8.68. The Kier molecular flexibility index (Phi) is 6.39. The number of amides is 1. The van der Waals surface area contributed by atoms with Gasteiger partial charge in [-0.15, -0.1) is 0 Å². The number of furan rings is 1. The van der Waals surface area contributed by atoms with Crippen molar-refractivity contribution in [2.24, 2.45) is 0 Å². The van der Waals surface area contributed by atoms with Crippen LogP contribution in [0.15, 0.2) is 81.6 Å². The molecular formula is C27H17Cl3N2O3. The third kappa shape index (κ3) is 5.28. The summed E-state index contributed by atoms with van der Waals surface area (Å²) in [6.45, 7) is 1.93. The van der Waals surface area contributed by atoms with Crippen LogP contribution in [-0.2, 0) is 4.79 Å². The van der Waals surface area contributed by atoms with Crippen LogP contribution in [0.2, 0.25) is 15.1 Å². The van der Waals surface area contributed by atoms with Crippen molar-refractivity contribution in [3.63, 3.8) is 0 Å². The Labute approximate surface area is 215 Å². The predicted molar refractivity (Wildman–Crippen MR) is 141 cm³/mol. The molecule has 5 nitrogen and oxygen atoms in total. The zero-order chi connectivity index (χ0) is 24.5. The standard InChI is InChI=1S/C27H17Cl3N2O3/c1-15-2-3-16(12-22(15)30)27-32-23-14-20(4-7-25(23)35-27)31-26(33)9-6-21-5-8-24(34-21)17-10-18(28)13-19(29)11-17/h2-14H,1H3,(H,31,33)/b9-6+. The highest BCUT2D eigenvalue weighted by atomic mass is 35.5. The van der Waals surface area contributed by atoms with Crippen molar-refractivity contribution in [2.75, 3.05) is 5.32 Å². The molecule has 2 aromatic heterocycles. The van der Waals surface area contributed by atoms with Gasteiger partial charge in [-0.25, -0.2) is 4.98 Å². The Bertz CT molecular complexity index is 1580. The normalized spacial score (nSPS) is 11.4. The van der Waals surface area contributed by atoms with Gasteiger partial charge in [0.25, 0.3) is 0 Å². The number of nitrogens with one attached hydrogen (secondary N) is 1. The van der Waals surface area contributed by atoms with Gasteiger partial charge in [-0.2, -0.15) is 0 Å². The van der Waals surface area contributed by atoms with Crippen molar-refractivity contribution < 1.29 is 13.6 Å². The quantitative estimate of drug-likeness (QED) is 0.234. The molecule has 3 aromatic carbocycles. The number of anilines is 1. The second kappa shape index (κ2) is 9.62. The highest BCUT2D eigenvalue weighted by Crippen LogP contribution is 2.30. The molecule has 1 N–H and O–H groups in total. The van der Waals surface area contributed by atoms with Gasteiger partial charge in [0.05, 0.1) is 0 Å². The number of carbonyl (C=O) groups excluding carboxylic acids is 1. The van der Waals surface area contributed by atoms with Crippen LogP contribution < -0.4 is 5.32 Å². The van der Waals surface area contributed by atoms with E-state index >= 15 is 0 Å². The van der Waals surface area contributed by atoms with Crippen molar-refractivity contribution in [3.8, 4) is 22.8 Å². The molecule has 0 spiro atoms. The van der Waals surface area contributed by atoms with Crippen LogP contribution in [0, 0.1) is 6.92 Å². The second-order valence-electron chi connectivity index (χ2n) is 7.85. The fourth-order valence-corrected chi connectivity index (χ4v) is 4.20. The first-order valence-corrected chi connectivity index (χ1v) is 11.7. The molecule has 0 saturated carbocycles. The minimum atomic E-state index is -0.317. The van der Waals surface area contributed by atoms with Crippen LogP contribution in [-0.4, -0.2) is 10.9 Å². The van der Waals surface area contributed by atoms with E-state index in [9.17, 15) is 4.79 Å². The maximum atomic E-state index is 12.5. The minimum absolute atomic E-state index is 0.317. The molecule has 174 valence electrons. The van der Waals surface area contributed by atoms with Gasteiger partial charge in [0.1, 0.15) is 17.0 Å². The van der Waals surface area contributed by atoms with Crippen LogP contribution in [0.3, 0.4) is 0 Å². The number of aryl methyl sites for hydroxylation is 1. The lowest BCUT2D eigenvalue weighted by atomic mass is 10.1. The number of nitrogens with zero attached hydrogens (tertiary/aromatic N) is 1. The summed E-state index contributed by atoms with van der Waals surface area (Å²) in [5.41, 5.74) is 4.32. The Balaban J connectivity index is 1.29. The summed E-state index contributed by atoms with van der Waals surface area (Å²) >= 11 is 18.3. The van der Waals surface area contributed by atoms with E-state index in [1.807, 2.05) is 25.1 Å². The fourth-order valence-electron chi connectivity index (χ4n) is 3.49. The molecule has 35 heavy (non-hydrogen) atoms. The number of hydrogen-bond donors (Lipinski definition) is 1. The molecule has 5 aromatic rings. The Morgan fingerprint density at radius 1 is 0.886 bits per heavy atom. The van der Waals surface area contributed by atoms with Crippen LogP contribution in [0.25, 0.3) is 40.0 Å². The van der Waals surface area contributed by atoms with Crippen LogP contribution in [0.5, 0.6) is 0 Å². The number of fused-ring (bicyclic) bond motifs is 1. The molecule has 2 heterocycles. The minimum Gasteiger partial charge on any atom is -0.457 e. The smallest absolute Gasteiger partial charge is 0.248 e. The molecule has 0 aliphatic heterocycles. The number of oxazole rings is 1. The van der Waals surface area contributed by atoms with E-state index in [2.05, 4.69) is 10.3 Å². The third-order valence-corrected chi connectivity index (χ3v) is 6.09. The van der Waals surface area contributed by atoms with Gasteiger partial charge < -0.3 is 14.2 Å². The maximum absolute atomic E-state index is 12.5. The Morgan fingerprint density at radius 2 is 1.69 bits per heavy atom. The van der Waals surface area contributed by atoms with Gasteiger partial charge in [0, 0.05) is 38.0 Å². The molecule has 0 unspecified atom stereocenters. The van der Waals surface area contributed by atoms with Crippen molar-refractivity contribution in [3.05, 3.63) is 99.2 Å². The van der Waals surface area contributed by atoms with Gasteiger partial charge in [-0.05, 0) is 79.2 Å². The highest BCUT2D eigenvalue weighted by Gasteiger charge is 2.11. The number of rotatable bonds is 5. The van der Waals surface area contributed by atoms with E-state index in [4.69, 9.17) is 43.6 Å². The summed E-state index contributed by atoms with van der Waals surface area (Å²) in [4.78, 5) is 17.0. The lowest BCUT2D eigenvalue weighted by Gasteiger charge is -2.01. The van der Waals surface area contributed by atoms with Crippen molar-refractivity contribution in [1.29, 1.82) is 0 Å². The van der Waals surface area contributed by atoms with Gasteiger partial charge in [0.15, 0.2) is 5.58 Å². The van der Waals surface area contributed by atoms with E-state index in [1.165, 1.54) is 6.08 Å². The first-order valence-electron chi connectivity index (χ1n) is 10.6. The summed E-state index contributed by atoms with van der Waals surface area (Å²) in [5.74, 6) is 1.25. The Hall–Kier alpha value is -3.51. The molecule has 8 heteroatoms. The average Bonchev–Trinajstić information content (AvgIpc) is 3.46. The summed E-state index contributed by atoms with van der Waals surface area (Å²) in [6.07, 6.45) is 2.97. The molecule has 0 radical (unpaired) electrons. The van der Waals surface area contributed by atoms with Crippen LogP contribution in [0.4, 0.5) is 5.69 Å². The molecule has 1 amide bonds. The molecule has 0 fully saturated rings. The third-order valence-electron chi connectivity index (χ3n) is 5.25. The molecule has 0 aliphatic carbocycles. The number of aromatic nitrogens is 1. The van der Waals surface area contributed by atoms with Gasteiger partial charge >= 0.3 is 0 Å². The molecule has 0 saturated heterocycles. The van der Waals surface area contributed by atoms with Gasteiger partial charge in [0.2, 0.25) is 11.8 Å². The second-order valence-corrected chi connectivity index (χ2v) is 9.13. The average molecular weight is 524 g/mol. The molecular weight excluding hydrogens is 507 g/mol. The largest absolute Gasteiger partial charge is 0.457 e. The molecule has 0 atom stereocenters. The lowest BCUT2D eigenvalue weighted by Crippen LogP contribution is -2.07. The SMILES string of the molecule is Cc1ccc(-c2nc3cc(NC(=O)/C=C/c4ccc(-c5cc(Cl)cc(Cl)c5)o4)ccc3o2)cc1Cl. The van der Waals surface area contributed by atoms with Crippen LogP contribution >= 0.6 is 34.8 Å². The van der Waals surface area contributed by atoms with E-state index in [-0.39, 0.29) is 5.91 Å². The highest BCUT2D eigenvalue weighted by molar-refractivity contribution is 6.35. The summed E-state index contributed by atoms with van der Waals surface area (Å²) in [7, 11) is 0. The van der Waals surface area contributed by atoms with E-state index in [0.717, 1.165) is 16.7 Å². The molecule has 0 bridgehead atoms. The summed E-state index contributed by atoms with van der Waals surface area (Å²) < 4.78 is 11.6. The first-order chi connectivity index (χ1) is 16.8. The van der Waals surface area contributed by atoms with E-state index in [1.54, 1.807) is 54.6 Å². The first kappa shape index (κ1) is 23.2. The van der Waals surface area contributed by atoms with E-state index < -0.39 is 0 Å². The Morgan fingerprint density at radius 3 is 2.46 bits per heavy atom. The maximum Gasteiger partial charge on any atom is 0.248 e. The number of hydrogen-bond acceptors (Lipinski definition) is 4. The monoisotopic (exact) mass is 522 g/mol. The molecule has 0 aliphatic rings. The number of halogens is 3. The summed E-state index contributed by atoms with van der Waals surface area (Å²) in [5, 5.41) is 4.49. The zero-order valence-corrected chi connectivity index (χ0v) is 20.6. The van der Waals surface area contributed by atoms with Crippen molar-refractivity contribution in [2.45, 2.75) is 6.92 Å². The zero-order valence-electron chi connectivity index (χ0n) is 18.3. The van der Waals surface area contributed by atoms with Crippen molar-refractivity contribution >= 4 is 63.6 Å². The topological polar surface area (TPSA) is 68.3 Å². The van der Waals surface area contributed by atoms with Gasteiger partial charge in [-0.3, -0.25) is 4.79 Å². The number of benzene rings is 3. The summed E-state index contributed by atoms with van der Waals surface area (Å²) in [6, 6.07) is 19.6. The van der Waals surface area contributed by atoms with E-state index in [0.29, 0.717) is 49.3 Å². The lowest BCUT2D eigenvalue weighted by molar-refractivity contribution is -0.111. The van der Waals surface area contributed by atoms with Crippen molar-refractivity contribution in [1.82, 2.24) is 4.98 Å². The van der Waals surface area contributed by atoms with Gasteiger partial charge in [-0.1, -0.05) is 40.9 Å².